The number of halogens is 1. The van der Waals surface area contributed by atoms with Crippen LogP contribution in [0, 0.1) is 5.82 Å². The zero-order valence-electron chi connectivity index (χ0n) is 11.2. The standard InChI is InChI=1S/C14H16FN3O2/c1-2-17-7-6-9(8-17)18-13(19)12-10(15)4-3-5-11(12)16-14(18)20/h3-5,9H,2,6-8H2,1H3,(H,16,20). The van der Waals surface area contributed by atoms with Crippen LogP contribution < -0.4 is 11.2 Å². The number of hydrogen-bond donors (Lipinski definition) is 1. The molecule has 1 aromatic heterocycles. The van der Waals surface area contributed by atoms with E-state index in [2.05, 4.69) is 9.88 Å². The van der Waals surface area contributed by atoms with E-state index in [0.29, 0.717) is 6.54 Å². The summed E-state index contributed by atoms with van der Waals surface area (Å²) in [5.41, 5.74) is -0.748. The number of nitrogens with zero attached hydrogens (tertiary/aromatic N) is 2. The Kier molecular flexibility index (Phi) is 3.17. The molecule has 1 aliphatic rings. The van der Waals surface area contributed by atoms with Gasteiger partial charge in [-0.15, -0.1) is 0 Å². The number of benzene rings is 1. The van der Waals surface area contributed by atoms with Gasteiger partial charge >= 0.3 is 5.69 Å². The predicted octanol–water partition coefficient (Wildman–Crippen LogP) is 1.10. The van der Waals surface area contributed by atoms with Crippen LogP contribution in [0.15, 0.2) is 27.8 Å². The summed E-state index contributed by atoms with van der Waals surface area (Å²) < 4.78 is 15.0. The summed E-state index contributed by atoms with van der Waals surface area (Å²) in [6, 6.07) is 4.07. The molecule has 20 heavy (non-hydrogen) atoms. The highest BCUT2D eigenvalue weighted by Gasteiger charge is 2.26. The Labute approximate surface area is 114 Å². The SMILES string of the molecule is CCN1CCC(n2c(=O)[nH]c3cccc(F)c3c2=O)C1. The van der Waals surface area contributed by atoms with E-state index in [1.807, 2.05) is 6.92 Å². The second kappa shape index (κ2) is 4.86. The third kappa shape index (κ3) is 1.96. The van der Waals surface area contributed by atoms with Gasteiger partial charge in [0.15, 0.2) is 0 Å². The summed E-state index contributed by atoms with van der Waals surface area (Å²) in [5.74, 6) is -0.595. The van der Waals surface area contributed by atoms with Crippen molar-refractivity contribution in [1.29, 1.82) is 0 Å². The molecule has 1 unspecified atom stereocenters. The summed E-state index contributed by atoms with van der Waals surface area (Å²) in [6.07, 6.45) is 0.733. The van der Waals surface area contributed by atoms with E-state index in [4.69, 9.17) is 0 Å². The summed E-state index contributed by atoms with van der Waals surface area (Å²) in [7, 11) is 0. The first-order valence-electron chi connectivity index (χ1n) is 6.77. The highest BCUT2D eigenvalue weighted by atomic mass is 19.1. The van der Waals surface area contributed by atoms with Crippen molar-refractivity contribution in [1.82, 2.24) is 14.5 Å². The molecule has 106 valence electrons. The molecule has 1 saturated heterocycles. The highest BCUT2D eigenvalue weighted by molar-refractivity contribution is 5.77. The molecule has 0 aliphatic carbocycles. The third-order valence-corrected chi connectivity index (χ3v) is 3.97. The molecule has 2 aromatic rings. The van der Waals surface area contributed by atoms with Crippen LogP contribution in [0.25, 0.3) is 10.9 Å². The summed E-state index contributed by atoms with van der Waals surface area (Å²) in [4.78, 5) is 29.3. The van der Waals surface area contributed by atoms with Gasteiger partial charge in [-0.05, 0) is 25.1 Å². The van der Waals surface area contributed by atoms with Gasteiger partial charge in [-0.2, -0.15) is 0 Å². The first kappa shape index (κ1) is 13.1. The van der Waals surface area contributed by atoms with E-state index in [1.54, 1.807) is 6.07 Å². The Bertz CT molecular complexity index is 765. The molecular formula is C14H16FN3O2. The van der Waals surface area contributed by atoms with Crippen LogP contribution in [0.3, 0.4) is 0 Å². The minimum atomic E-state index is -0.595. The molecule has 1 aromatic carbocycles. The van der Waals surface area contributed by atoms with Gasteiger partial charge in [-0.25, -0.2) is 9.18 Å². The van der Waals surface area contributed by atoms with Crippen LogP contribution in [0.2, 0.25) is 0 Å². The fourth-order valence-electron chi connectivity index (χ4n) is 2.88. The van der Waals surface area contributed by atoms with Gasteiger partial charge in [-0.3, -0.25) is 9.36 Å². The molecule has 1 aliphatic heterocycles. The number of hydrogen-bond acceptors (Lipinski definition) is 3. The Morgan fingerprint density at radius 2 is 2.20 bits per heavy atom. The lowest BCUT2D eigenvalue weighted by Gasteiger charge is -2.15. The zero-order valence-corrected chi connectivity index (χ0v) is 11.2. The average Bonchev–Trinajstić information content (AvgIpc) is 2.87. The fraction of sp³-hybridized carbons (Fsp3) is 0.429. The van der Waals surface area contributed by atoms with Gasteiger partial charge in [0.25, 0.3) is 5.56 Å². The molecule has 5 nitrogen and oxygen atoms in total. The van der Waals surface area contributed by atoms with Crippen molar-refractivity contribution in [3.63, 3.8) is 0 Å². The number of fused-ring (bicyclic) bond motifs is 1. The lowest BCUT2D eigenvalue weighted by Crippen LogP contribution is -2.39. The molecule has 0 amide bonds. The van der Waals surface area contributed by atoms with Crippen molar-refractivity contribution >= 4 is 10.9 Å². The van der Waals surface area contributed by atoms with E-state index in [0.717, 1.165) is 19.5 Å². The van der Waals surface area contributed by atoms with Crippen LogP contribution in [-0.4, -0.2) is 34.1 Å². The fourth-order valence-corrected chi connectivity index (χ4v) is 2.88. The van der Waals surface area contributed by atoms with Crippen LogP contribution >= 0.6 is 0 Å². The van der Waals surface area contributed by atoms with Crippen LogP contribution in [0.4, 0.5) is 4.39 Å². The molecular weight excluding hydrogens is 261 g/mol. The summed E-state index contributed by atoms with van der Waals surface area (Å²) in [6.45, 7) is 4.42. The quantitative estimate of drug-likeness (QED) is 0.894. The molecule has 0 radical (unpaired) electrons. The third-order valence-electron chi connectivity index (χ3n) is 3.97. The molecule has 0 spiro atoms. The minimum absolute atomic E-state index is 0.0398. The van der Waals surface area contributed by atoms with Crippen LogP contribution in [0.1, 0.15) is 19.4 Å². The molecule has 0 bridgehead atoms. The maximum Gasteiger partial charge on any atom is 0.329 e. The van der Waals surface area contributed by atoms with E-state index in [-0.39, 0.29) is 16.9 Å². The molecule has 1 N–H and O–H groups in total. The Balaban J connectivity index is 2.19. The van der Waals surface area contributed by atoms with Gasteiger partial charge < -0.3 is 9.88 Å². The van der Waals surface area contributed by atoms with Gasteiger partial charge in [0.1, 0.15) is 5.82 Å². The number of likely N-dealkylation sites (N-methyl/N-ethyl adjacent to an activating group) is 1. The van der Waals surface area contributed by atoms with Gasteiger partial charge in [0.05, 0.1) is 16.9 Å². The monoisotopic (exact) mass is 277 g/mol. The van der Waals surface area contributed by atoms with Crippen molar-refractivity contribution in [2.24, 2.45) is 0 Å². The maximum absolute atomic E-state index is 13.8. The van der Waals surface area contributed by atoms with Crippen molar-refractivity contribution < 1.29 is 4.39 Å². The smallest absolute Gasteiger partial charge is 0.307 e. The predicted molar refractivity (Wildman–Crippen MR) is 74.6 cm³/mol. The molecule has 1 atom stereocenters. The molecule has 0 saturated carbocycles. The topological polar surface area (TPSA) is 58.1 Å². The van der Waals surface area contributed by atoms with Crippen molar-refractivity contribution in [3.05, 3.63) is 44.9 Å². The largest absolute Gasteiger partial charge is 0.329 e. The highest BCUT2D eigenvalue weighted by Crippen LogP contribution is 2.19. The molecule has 1 fully saturated rings. The summed E-state index contributed by atoms with van der Waals surface area (Å²) in [5, 5.41) is -0.0398. The van der Waals surface area contributed by atoms with Crippen molar-refractivity contribution in [2.75, 3.05) is 19.6 Å². The number of nitrogens with one attached hydrogen (secondary N) is 1. The Morgan fingerprint density at radius 3 is 2.90 bits per heavy atom. The Hall–Kier alpha value is -1.95. The normalized spacial score (nSPS) is 19.8. The van der Waals surface area contributed by atoms with Gasteiger partial charge in [-0.1, -0.05) is 13.0 Å². The minimum Gasteiger partial charge on any atom is -0.307 e. The van der Waals surface area contributed by atoms with Gasteiger partial charge in [0, 0.05) is 13.1 Å². The van der Waals surface area contributed by atoms with E-state index in [9.17, 15) is 14.0 Å². The van der Waals surface area contributed by atoms with Crippen LogP contribution in [0.5, 0.6) is 0 Å². The number of likely N-dealkylation sites (tertiary alicyclic amines) is 1. The van der Waals surface area contributed by atoms with Gasteiger partial charge in [0.2, 0.25) is 0 Å². The average molecular weight is 277 g/mol. The number of aromatic nitrogens is 2. The van der Waals surface area contributed by atoms with Crippen molar-refractivity contribution in [2.45, 2.75) is 19.4 Å². The Morgan fingerprint density at radius 1 is 1.40 bits per heavy atom. The summed E-state index contributed by atoms with van der Waals surface area (Å²) >= 11 is 0. The lowest BCUT2D eigenvalue weighted by atomic mass is 10.2. The van der Waals surface area contributed by atoms with Crippen molar-refractivity contribution in [3.8, 4) is 0 Å². The second-order valence-electron chi connectivity index (χ2n) is 5.10. The molecule has 6 heteroatoms. The molecule has 2 heterocycles. The van der Waals surface area contributed by atoms with Crippen LogP contribution in [-0.2, 0) is 0 Å². The van der Waals surface area contributed by atoms with E-state index >= 15 is 0 Å². The number of rotatable bonds is 2. The first-order valence-corrected chi connectivity index (χ1v) is 6.77. The first-order chi connectivity index (χ1) is 9.61. The zero-order chi connectivity index (χ0) is 14.3. The number of H-pyrrole nitrogens is 1. The lowest BCUT2D eigenvalue weighted by molar-refractivity contribution is 0.338. The maximum atomic E-state index is 13.8. The molecule has 3 rings (SSSR count). The van der Waals surface area contributed by atoms with E-state index in [1.165, 1.54) is 16.7 Å². The van der Waals surface area contributed by atoms with E-state index < -0.39 is 17.1 Å². The number of aromatic amines is 1. The second-order valence-corrected chi connectivity index (χ2v) is 5.10.